The molecule has 124 valence electrons. The molecule has 0 spiro atoms. The first kappa shape index (κ1) is 14.8. The van der Waals surface area contributed by atoms with Crippen molar-refractivity contribution in [3.8, 4) is 5.75 Å². The fourth-order valence-corrected chi connectivity index (χ4v) is 3.38. The van der Waals surface area contributed by atoms with Gasteiger partial charge in [-0.1, -0.05) is 0 Å². The van der Waals surface area contributed by atoms with Crippen molar-refractivity contribution in [3.63, 3.8) is 0 Å². The Balaban J connectivity index is 1.69. The van der Waals surface area contributed by atoms with Gasteiger partial charge in [-0.3, -0.25) is 4.79 Å². The molecule has 2 aromatic heterocycles. The Morgan fingerprint density at radius 3 is 2.96 bits per heavy atom. The molecule has 1 aromatic carbocycles. The van der Waals surface area contributed by atoms with Crippen LogP contribution in [0.25, 0.3) is 10.9 Å². The molecule has 4 rings (SSSR count). The van der Waals surface area contributed by atoms with E-state index in [0.29, 0.717) is 12.2 Å². The molecule has 6 nitrogen and oxygen atoms in total. The van der Waals surface area contributed by atoms with Crippen LogP contribution in [-0.4, -0.2) is 38.6 Å². The van der Waals surface area contributed by atoms with Crippen molar-refractivity contribution in [1.82, 2.24) is 19.0 Å². The van der Waals surface area contributed by atoms with Gasteiger partial charge in [0.15, 0.2) is 0 Å². The summed E-state index contributed by atoms with van der Waals surface area (Å²) in [4.78, 5) is 19.2. The highest BCUT2D eigenvalue weighted by Gasteiger charge is 2.23. The van der Waals surface area contributed by atoms with E-state index in [2.05, 4.69) is 9.55 Å². The number of benzene rings is 1. The number of nitrogens with zero attached hydrogens (tertiary/aromatic N) is 4. The second kappa shape index (κ2) is 5.70. The number of aryl methyl sites for hydroxylation is 2. The van der Waals surface area contributed by atoms with E-state index >= 15 is 0 Å². The van der Waals surface area contributed by atoms with Crippen molar-refractivity contribution in [2.45, 2.75) is 19.5 Å². The van der Waals surface area contributed by atoms with Gasteiger partial charge in [-0.15, -0.1) is 0 Å². The minimum Gasteiger partial charge on any atom is -0.497 e. The van der Waals surface area contributed by atoms with Gasteiger partial charge in [-0.05, 0) is 30.7 Å². The van der Waals surface area contributed by atoms with Crippen LogP contribution in [0.2, 0.25) is 0 Å². The molecular weight excluding hydrogens is 304 g/mol. The third-order valence-corrected chi connectivity index (χ3v) is 4.73. The van der Waals surface area contributed by atoms with Crippen LogP contribution in [0.4, 0.5) is 0 Å². The van der Waals surface area contributed by atoms with Gasteiger partial charge in [0.1, 0.15) is 11.4 Å². The summed E-state index contributed by atoms with van der Waals surface area (Å²) in [6.45, 7) is 2.26. The van der Waals surface area contributed by atoms with E-state index < -0.39 is 0 Å². The Morgan fingerprint density at radius 1 is 1.25 bits per heavy atom. The van der Waals surface area contributed by atoms with Crippen molar-refractivity contribution in [2.24, 2.45) is 7.05 Å². The van der Waals surface area contributed by atoms with Crippen molar-refractivity contribution >= 4 is 16.8 Å². The van der Waals surface area contributed by atoms with Crippen LogP contribution >= 0.6 is 0 Å². The van der Waals surface area contributed by atoms with Gasteiger partial charge in [-0.2, -0.15) is 0 Å². The van der Waals surface area contributed by atoms with Gasteiger partial charge in [0.25, 0.3) is 5.91 Å². The second-order valence-electron chi connectivity index (χ2n) is 6.17. The summed E-state index contributed by atoms with van der Waals surface area (Å²) in [5.74, 6) is 0.855. The van der Waals surface area contributed by atoms with Gasteiger partial charge < -0.3 is 18.8 Å². The maximum Gasteiger partial charge on any atom is 0.270 e. The molecule has 0 fully saturated rings. The third kappa shape index (κ3) is 2.35. The van der Waals surface area contributed by atoms with Crippen LogP contribution in [-0.2, 0) is 20.1 Å². The molecule has 1 aliphatic rings. The zero-order chi connectivity index (χ0) is 16.7. The SMILES string of the molecule is COc1ccc2c(c1)cc(C(=O)N1CCCn3cncc3C1)n2C. The van der Waals surface area contributed by atoms with Gasteiger partial charge in [0, 0.05) is 37.2 Å². The summed E-state index contributed by atoms with van der Waals surface area (Å²) >= 11 is 0. The number of hydrogen-bond donors (Lipinski definition) is 0. The number of amides is 1. The van der Waals surface area contributed by atoms with Crippen LogP contribution in [0, 0.1) is 0 Å². The van der Waals surface area contributed by atoms with Crippen molar-refractivity contribution in [1.29, 1.82) is 0 Å². The van der Waals surface area contributed by atoms with Crippen molar-refractivity contribution < 1.29 is 9.53 Å². The number of fused-ring (bicyclic) bond motifs is 2. The Kier molecular flexibility index (Phi) is 3.52. The van der Waals surface area contributed by atoms with E-state index in [1.165, 1.54) is 0 Å². The fourth-order valence-electron chi connectivity index (χ4n) is 3.38. The second-order valence-corrected chi connectivity index (χ2v) is 6.17. The Labute approximate surface area is 140 Å². The van der Waals surface area contributed by atoms with Crippen LogP contribution in [0.5, 0.6) is 5.75 Å². The smallest absolute Gasteiger partial charge is 0.270 e. The molecule has 1 amide bonds. The Bertz CT molecular complexity index is 909. The van der Waals surface area contributed by atoms with E-state index in [1.807, 2.05) is 53.3 Å². The number of imidazole rings is 1. The number of ether oxygens (including phenoxy) is 1. The molecule has 0 atom stereocenters. The highest BCUT2D eigenvalue weighted by molar-refractivity contribution is 5.99. The molecule has 0 radical (unpaired) electrons. The van der Waals surface area contributed by atoms with E-state index in [0.717, 1.165) is 41.9 Å². The topological polar surface area (TPSA) is 52.3 Å². The molecule has 1 aliphatic heterocycles. The molecule has 0 saturated carbocycles. The van der Waals surface area contributed by atoms with Crippen molar-refractivity contribution in [3.05, 3.63) is 48.2 Å². The Morgan fingerprint density at radius 2 is 2.12 bits per heavy atom. The van der Waals surface area contributed by atoms with Gasteiger partial charge >= 0.3 is 0 Å². The average Bonchev–Trinajstić information content (AvgIpc) is 3.11. The van der Waals surface area contributed by atoms with E-state index in [1.54, 1.807) is 7.11 Å². The standard InChI is InChI=1S/C18H20N4O2/c1-20-16-5-4-15(24-2)8-13(16)9-17(20)18(23)21-6-3-7-22-12-19-10-14(22)11-21/h4-5,8-10,12H,3,6-7,11H2,1-2H3. The minimum absolute atomic E-state index is 0.0577. The summed E-state index contributed by atoms with van der Waals surface area (Å²) in [5, 5.41) is 1.01. The predicted molar refractivity (Wildman–Crippen MR) is 91.1 cm³/mol. The largest absolute Gasteiger partial charge is 0.497 e. The summed E-state index contributed by atoms with van der Waals surface area (Å²) in [6.07, 6.45) is 4.62. The maximum atomic E-state index is 13.1. The number of aromatic nitrogens is 3. The minimum atomic E-state index is 0.0577. The van der Waals surface area contributed by atoms with E-state index in [-0.39, 0.29) is 5.91 Å². The van der Waals surface area contributed by atoms with Crippen LogP contribution in [0.15, 0.2) is 36.8 Å². The lowest BCUT2D eigenvalue weighted by molar-refractivity contribution is 0.0736. The van der Waals surface area contributed by atoms with Crippen LogP contribution in [0.1, 0.15) is 22.6 Å². The van der Waals surface area contributed by atoms with E-state index in [9.17, 15) is 4.79 Å². The zero-order valence-corrected chi connectivity index (χ0v) is 13.9. The lowest BCUT2D eigenvalue weighted by Crippen LogP contribution is -2.32. The fraction of sp³-hybridized carbons (Fsp3) is 0.333. The molecule has 3 heterocycles. The molecule has 0 saturated heterocycles. The average molecular weight is 324 g/mol. The maximum absolute atomic E-state index is 13.1. The highest BCUT2D eigenvalue weighted by Crippen LogP contribution is 2.25. The van der Waals surface area contributed by atoms with Gasteiger partial charge in [0.2, 0.25) is 0 Å². The Hall–Kier alpha value is -2.76. The summed E-state index contributed by atoms with van der Waals surface area (Å²) in [5.41, 5.74) is 2.81. The molecule has 0 bridgehead atoms. The van der Waals surface area contributed by atoms with Gasteiger partial charge in [0.05, 0.1) is 25.7 Å². The monoisotopic (exact) mass is 324 g/mol. The number of carbonyl (C=O) groups excluding carboxylic acids is 1. The summed E-state index contributed by atoms with van der Waals surface area (Å²) in [7, 11) is 3.58. The summed E-state index contributed by atoms with van der Waals surface area (Å²) in [6, 6.07) is 7.81. The predicted octanol–water partition coefficient (Wildman–Crippen LogP) is 2.43. The van der Waals surface area contributed by atoms with Crippen LogP contribution < -0.4 is 4.74 Å². The lowest BCUT2D eigenvalue weighted by atomic mass is 10.2. The quantitative estimate of drug-likeness (QED) is 0.727. The molecular formula is C18H20N4O2. The first-order chi connectivity index (χ1) is 11.7. The molecule has 0 unspecified atom stereocenters. The number of hydrogen-bond acceptors (Lipinski definition) is 3. The lowest BCUT2D eigenvalue weighted by Gasteiger charge is -2.20. The highest BCUT2D eigenvalue weighted by atomic mass is 16.5. The molecule has 0 aliphatic carbocycles. The molecule has 6 heteroatoms. The number of methoxy groups -OCH3 is 1. The number of carbonyl (C=O) groups is 1. The number of rotatable bonds is 2. The first-order valence-corrected chi connectivity index (χ1v) is 8.09. The molecule has 0 N–H and O–H groups in total. The van der Waals surface area contributed by atoms with Gasteiger partial charge in [-0.25, -0.2) is 4.98 Å². The molecule has 24 heavy (non-hydrogen) atoms. The van der Waals surface area contributed by atoms with Crippen molar-refractivity contribution in [2.75, 3.05) is 13.7 Å². The third-order valence-electron chi connectivity index (χ3n) is 4.73. The first-order valence-electron chi connectivity index (χ1n) is 8.09. The van der Waals surface area contributed by atoms with Crippen LogP contribution in [0.3, 0.4) is 0 Å². The zero-order valence-electron chi connectivity index (χ0n) is 13.9. The summed E-state index contributed by atoms with van der Waals surface area (Å²) < 4.78 is 9.36. The normalized spacial score (nSPS) is 14.5. The van der Waals surface area contributed by atoms with E-state index in [4.69, 9.17) is 4.74 Å². The molecule has 3 aromatic rings.